The fraction of sp³-hybridized carbons (Fsp3) is 0.286. The first-order chi connectivity index (χ1) is 10.6. The smallest absolute Gasteiger partial charge is 0.282 e. The lowest BCUT2D eigenvalue weighted by Gasteiger charge is -2.14. The maximum absolute atomic E-state index is 12.5. The van der Waals surface area contributed by atoms with Crippen LogP contribution in [0.5, 0.6) is 0 Å². The van der Waals surface area contributed by atoms with Gasteiger partial charge in [0.05, 0.1) is 12.0 Å². The summed E-state index contributed by atoms with van der Waals surface area (Å²) in [5.41, 5.74) is 0.476. The summed E-state index contributed by atoms with van der Waals surface area (Å²) in [7, 11) is 0. The molecule has 1 N–H and O–H groups in total. The average Bonchev–Trinajstić information content (AvgIpc) is 3.13. The number of carbonyl (C=O) groups is 2. The predicted molar refractivity (Wildman–Crippen MR) is 79.8 cm³/mol. The Balaban J connectivity index is 1.76. The predicted octanol–water partition coefficient (Wildman–Crippen LogP) is 1.41. The Morgan fingerprint density at radius 2 is 2.48 bits per heavy atom. The third-order valence-corrected chi connectivity index (χ3v) is 4.36. The molecule has 1 unspecified atom stereocenters. The number of carbonyl (C=O) groups excluding carboxylic acids is 2. The number of hydrogen-bond donors (Lipinski definition) is 1. The Morgan fingerprint density at radius 3 is 3.29 bits per heavy atom. The second kappa shape index (κ2) is 5.61. The molecule has 108 valence electrons. The van der Waals surface area contributed by atoms with E-state index in [4.69, 9.17) is 1.37 Å². The van der Waals surface area contributed by atoms with Crippen molar-refractivity contribution in [3.63, 3.8) is 0 Å². The average molecular weight is 304 g/mol. The van der Waals surface area contributed by atoms with Crippen LogP contribution in [-0.4, -0.2) is 39.8 Å². The minimum absolute atomic E-state index is 0.116. The van der Waals surface area contributed by atoms with Gasteiger partial charge in [0.25, 0.3) is 5.91 Å². The molecule has 0 radical (unpaired) electrons. The van der Waals surface area contributed by atoms with E-state index in [1.807, 2.05) is 0 Å². The monoisotopic (exact) mass is 304 g/mol. The van der Waals surface area contributed by atoms with E-state index in [0.717, 1.165) is 4.70 Å². The molecule has 7 heteroatoms. The second-order valence-corrected chi connectivity index (χ2v) is 5.76. The standard InChI is InChI=1S/C14H14N4O2S/c1-2-15-12(19)9-5-7-18(8-9)14(20)13-17-11-10(21-13)4-3-6-16-11/h2-4,6,9H,1,5,7-8H2,(H,15,19)/i3T. The zero-order valence-corrected chi connectivity index (χ0v) is 12.0. The third-order valence-electron chi connectivity index (χ3n) is 3.38. The zero-order chi connectivity index (χ0) is 15.7. The maximum atomic E-state index is 12.5. The van der Waals surface area contributed by atoms with Crippen molar-refractivity contribution in [2.24, 2.45) is 5.92 Å². The van der Waals surface area contributed by atoms with E-state index in [1.54, 1.807) is 11.0 Å². The molecule has 0 saturated carbocycles. The van der Waals surface area contributed by atoms with E-state index >= 15 is 0 Å². The minimum Gasteiger partial charge on any atom is -0.336 e. The van der Waals surface area contributed by atoms with Crippen LogP contribution in [0.15, 0.2) is 31.1 Å². The first-order valence-electron chi connectivity index (χ1n) is 7.02. The number of likely N-dealkylation sites (tertiary alicyclic amines) is 1. The molecule has 1 atom stereocenters. The number of fused-ring (bicyclic) bond motifs is 1. The Labute approximate surface area is 126 Å². The van der Waals surface area contributed by atoms with Gasteiger partial charge in [-0.2, -0.15) is 0 Å². The normalized spacial score (nSPS) is 18.6. The van der Waals surface area contributed by atoms with Crippen molar-refractivity contribution in [3.8, 4) is 0 Å². The second-order valence-electron chi connectivity index (χ2n) is 4.73. The lowest BCUT2D eigenvalue weighted by atomic mass is 10.1. The van der Waals surface area contributed by atoms with Gasteiger partial charge < -0.3 is 10.2 Å². The highest BCUT2D eigenvalue weighted by molar-refractivity contribution is 7.20. The molecular formula is C14H14N4O2S. The Morgan fingerprint density at radius 1 is 1.62 bits per heavy atom. The molecule has 6 nitrogen and oxygen atoms in total. The zero-order valence-electron chi connectivity index (χ0n) is 12.2. The van der Waals surface area contributed by atoms with E-state index < -0.39 is 0 Å². The number of nitrogens with zero attached hydrogens (tertiary/aromatic N) is 3. The largest absolute Gasteiger partial charge is 0.336 e. The SMILES string of the molecule is [3H]c1cnc2nc(C(=O)N3CCC(C(=O)NC=C)C3)sc2c1. The number of pyridine rings is 1. The highest BCUT2D eigenvalue weighted by Gasteiger charge is 2.32. The van der Waals surface area contributed by atoms with Crippen LogP contribution in [0, 0.1) is 5.92 Å². The molecule has 1 aliphatic heterocycles. The van der Waals surface area contributed by atoms with Gasteiger partial charge in [0, 0.05) is 19.3 Å². The molecule has 3 rings (SSSR count). The van der Waals surface area contributed by atoms with Crippen molar-refractivity contribution in [2.75, 3.05) is 13.1 Å². The lowest BCUT2D eigenvalue weighted by molar-refractivity contribution is -0.123. The van der Waals surface area contributed by atoms with Crippen molar-refractivity contribution in [1.29, 1.82) is 0 Å². The van der Waals surface area contributed by atoms with Crippen LogP contribution in [-0.2, 0) is 4.79 Å². The van der Waals surface area contributed by atoms with Crippen molar-refractivity contribution in [3.05, 3.63) is 36.1 Å². The van der Waals surface area contributed by atoms with Crippen LogP contribution in [0.25, 0.3) is 10.3 Å². The molecule has 2 amide bonds. The first kappa shape index (κ1) is 12.5. The molecule has 0 spiro atoms. The van der Waals surface area contributed by atoms with Gasteiger partial charge in [-0.1, -0.05) is 6.58 Å². The van der Waals surface area contributed by atoms with E-state index in [2.05, 4.69) is 21.9 Å². The van der Waals surface area contributed by atoms with Crippen molar-refractivity contribution < 1.29 is 11.0 Å². The molecule has 1 saturated heterocycles. The molecule has 2 aromatic rings. The Kier molecular flexibility index (Phi) is 3.33. The number of nitrogens with one attached hydrogen (secondary N) is 1. The van der Waals surface area contributed by atoms with Crippen molar-refractivity contribution in [1.82, 2.24) is 20.2 Å². The van der Waals surface area contributed by atoms with Gasteiger partial charge in [-0.05, 0) is 24.7 Å². The summed E-state index contributed by atoms with van der Waals surface area (Å²) in [4.78, 5) is 34.1. The van der Waals surface area contributed by atoms with Crippen LogP contribution in [0.1, 0.15) is 17.6 Å². The lowest BCUT2D eigenvalue weighted by Crippen LogP contribution is -2.32. The van der Waals surface area contributed by atoms with Gasteiger partial charge in [0.15, 0.2) is 10.7 Å². The highest BCUT2D eigenvalue weighted by Crippen LogP contribution is 2.24. The van der Waals surface area contributed by atoms with Crippen LogP contribution in [0.2, 0.25) is 0 Å². The van der Waals surface area contributed by atoms with Gasteiger partial charge in [0.1, 0.15) is 0 Å². The van der Waals surface area contributed by atoms with Crippen LogP contribution < -0.4 is 5.32 Å². The number of rotatable bonds is 3. The maximum Gasteiger partial charge on any atom is 0.282 e. The summed E-state index contributed by atoms with van der Waals surface area (Å²) in [6.07, 6.45) is 3.39. The summed E-state index contributed by atoms with van der Waals surface area (Å²) in [6.45, 7) is 4.37. The van der Waals surface area contributed by atoms with Crippen LogP contribution in [0.4, 0.5) is 0 Å². The molecule has 2 aromatic heterocycles. The first-order valence-corrected chi connectivity index (χ1v) is 7.34. The van der Waals surface area contributed by atoms with Crippen molar-refractivity contribution >= 4 is 33.5 Å². The van der Waals surface area contributed by atoms with E-state index in [-0.39, 0.29) is 23.8 Å². The fourth-order valence-electron chi connectivity index (χ4n) is 2.33. The van der Waals surface area contributed by atoms with Crippen molar-refractivity contribution in [2.45, 2.75) is 6.42 Å². The third kappa shape index (κ3) is 2.64. The van der Waals surface area contributed by atoms with Crippen LogP contribution in [0.3, 0.4) is 0 Å². The number of hydrogen-bond acceptors (Lipinski definition) is 5. The molecule has 3 heterocycles. The summed E-state index contributed by atoms with van der Waals surface area (Å²) in [6, 6.07) is 1.93. The Bertz CT molecular complexity index is 760. The van der Waals surface area contributed by atoms with Crippen LogP contribution >= 0.6 is 11.3 Å². The quantitative estimate of drug-likeness (QED) is 0.930. The number of amides is 2. The van der Waals surface area contributed by atoms with Gasteiger partial charge in [-0.25, -0.2) is 9.97 Å². The van der Waals surface area contributed by atoms with E-state index in [0.29, 0.717) is 30.2 Å². The summed E-state index contributed by atoms with van der Waals surface area (Å²) >= 11 is 1.22. The molecule has 1 fully saturated rings. The van der Waals surface area contributed by atoms with Gasteiger partial charge in [-0.3, -0.25) is 9.59 Å². The van der Waals surface area contributed by atoms with E-state index in [1.165, 1.54) is 23.7 Å². The molecular weight excluding hydrogens is 288 g/mol. The van der Waals surface area contributed by atoms with Gasteiger partial charge >= 0.3 is 0 Å². The summed E-state index contributed by atoms with van der Waals surface area (Å²) in [5.74, 6) is -0.521. The summed E-state index contributed by atoms with van der Waals surface area (Å²) < 4.78 is 8.26. The number of thiazole rings is 1. The minimum atomic E-state index is -0.214. The fourth-order valence-corrected chi connectivity index (χ4v) is 3.20. The van der Waals surface area contributed by atoms with E-state index in [9.17, 15) is 9.59 Å². The topological polar surface area (TPSA) is 75.2 Å². The summed E-state index contributed by atoms with van der Waals surface area (Å²) in [5, 5.41) is 2.90. The molecule has 21 heavy (non-hydrogen) atoms. The van der Waals surface area contributed by atoms with Gasteiger partial charge in [0.2, 0.25) is 5.91 Å². The molecule has 0 aliphatic carbocycles. The number of aromatic nitrogens is 2. The van der Waals surface area contributed by atoms with Gasteiger partial charge in [-0.15, -0.1) is 11.3 Å². The Hall–Kier alpha value is -2.28. The molecule has 0 aromatic carbocycles. The molecule has 0 bridgehead atoms. The highest BCUT2D eigenvalue weighted by atomic mass is 32.1. The molecule has 1 aliphatic rings.